The van der Waals surface area contributed by atoms with Gasteiger partial charge in [-0.2, -0.15) is 0 Å². The monoisotopic (exact) mass is 361 g/mol. The van der Waals surface area contributed by atoms with Gasteiger partial charge in [-0.05, 0) is 60.2 Å². The summed E-state index contributed by atoms with van der Waals surface area (Å²) in [6, 6.07) is 7.67. The maximum absolute atomic E-state index is 6.23. The zero-order valence-corrected chi connectivity index (χ0v) is 12.5. The number of benzene rings is 1. The lowest BCUT2D eigenvalue weighted by Crippen LogP contribution is -2.12. The van der Waals surface area contributed by atoms with Crippen molar-refractivity contribution in [3.05, 3.63) is 55.5 Å². The lowest BCUT2D eigenvalue weighted by Gasteiger charge is -2.12. The van der Waals surface area contributed by atoms with Crippen LogP contribution in [-0.4, -0.2) is 0 Å². The molecule has 0 radical (unpaired) electrons. The highest BCUT2D eigenvalue weighted by Crippen LogP contribution is 2.28. The molecular weight excluding hydrogens is 349 g/mol. The molecule has 0 fully saturated rings. The summed E-state index contributed by atoms with van der Waals surface area (Å²) in [5.41, 5.74) is 8.24. The topological polar surface area (TPSA) is 39.2 Å². The molecule has 0 saturated carbocycles. The molecule has 90 valence electrons. The van der Waals surface area contributed by atoms with Gasteiger partial charge in [0.1, 0.15) is 11.5 Å². The lowest BCUT2D eigenvalue weighted by atomic mass is 10.00. The highest BCUT2D eigenvalue weighted by Gasteiger charge is 2.15. The first-order valence-corrected chi connectivity index (χ1v) is 6.72. The van der Waals surface area contributed by atoms with E-state index in [1.165, 1.54) is 0 Å². The van der Waals surface area contributed by atoms with E-state index in [9.17, 15) is 0 Å². The second-order valence-corrected chi connectivity index (χ2v) is 5.59. The normalized spacial score (nSPS) is 12.8. The Morgan fingerprint density at radius 1 is 1.29 bits per heavy atom. The number of hydrogen-bond donors (Lipinski definition) is 1. The van der Waals surface area contributed by atoms with E-state index in [2.05, 4.69) is 22.6 Å². The van der Waals surface area contributed by atoms with E-state index in [0.717, 1.165) is 31.2 Å². The molecule has 0 aliphatic heterocycles. The third-order valence-electron chi connectivity index (χ3n) is 2.72. The van der Waals surface area contributed by atoms with Crippen molar-refractivity contribution in [2.45, 2.75) is 19.9 Å². The van der Waals surface area contributed by atoms with Crippen LogP contribution in [0.25, 0.3) is 0 Å². The Hall–Kier alpha value is -0.520. The van der Waals surface area contributed by atoms with Crippen LogP contribution in [0.2, 0.25) is 5.02 Å². The molecule has 2 aromatic rings. The number of aryl methyl sites for hydroxylation is 2. The fourth-order valence-corrected chi connectivity index (χ4v) is 2.37. The smallest absolute Gasteiger partial charge is 0.106 e. The fraction of sp³-hybridized carbons (Fsp3) is 0.231. The fourth-order valence-electron chi connectivity index (χ4n) is 1.84. The summed E-state index contributed by atoms with van der Waals surface area (Å²) in [5.74, 6) is 1.74. The summed E-state index contributed by atoms with van der Waals surface area (Å²) in [6.45, 7) is 3.85. The van der Waals surface area contributed by atoms with Gasteiger partial charge in [-0.3, -0.25) is 0 Å². The Labute approximate surface area is 119 Å². The molecule has 2 rings (SSSR count). The van der Waals surface area contributed by atoms with Gasteiger partial charge >= 0.3 is 0 Å². The van der Waals surface area contributed by atoms with Crippen molar-refractivity contribution in [2.24, 2.45) is 5.73 Å². The Bertz CT molecular complexity index is 550. The van der Waals surface area contributed by atoms with Crippen molar-refractivity contribution < 1.29 is 4.42 Å². The van der Waals surface area contributed by atoms with Gasteiger partial charge in [0, 0.05) is 9.13 Å². The predicted octanol–water partition coefficient (Wildman–Crippen LogP) is 4.20. The first kappa shape index (κ1) is 12.9. The van der Waals surface area contributed by atoms with E-state index < -0.39 is 0 Å². The molecule has 2 nitrogen and oxygen atoms in total. The Morgan fingerprint density at radius 3 is 2.53 bits per heavy atom. The summed E-state index contributed by atoms with van der Waals surface area (Å²) in [5, 5.41) is 0.733. The Morgan fingerprint density at radius 2 is 2.00 bits per heavy atom. The van der Waals surface area contributed by atoms with E-state index >= 15 is 0 Å². The van der Waals surface area contributed by atoms with Gasteiger partial charge in [0.25, 0.3) is 0 Å². The molecule has 1 unspecified atom stereocenters. The minimum absolute atomic E-state index is 0.193. The van der Waals surface area contributed by atoms with Gasteiger partial charge in [0.15, 0.2) is 0 Å². The standard InChI is InChI=1S/C13H13ClINO/c1-7-5-10(8(2)17-7)13(16)9-3-4-12(15)11(14)6-9/h3-6,13H,16H2,1-2H3. The minimum atomic E-state index is -0.193. The van der Waals surface area contributed by atoms with E-state index in [1.807, 2.05) is 38.1 Å². The van der Waals surface area contributed by atoms with Crippen LogP contribution < -0.4 is 5.73 Å². The van der Waals surface area contributed by atoms with Crippen LogP contribution >= 0.6 is 34.2 Å². The third-order valence-corrected chi connectivity index (χ3v) is 4.29. The largest absolute Gasteiger partial charge is 0.466 e. The lowest BCUT2D eigenvalue weighted by molar-refractivity contribution is 0.499. The molecule has 1 atom stereocenters. The first-order valence-electron chi connectivity index (χ1n) is 5.26. The third kappa shape index (κ3) is 2.67. The van der Waals surface area contributed by atoms with Crippen LogP contribution in [-0.2, 0) is 0 Å². The molecule has 0 amide bonds. The zero-order valence-electron chi connectivity index (χ0n) is 9.63. The minimum Gasteiger partial charge on any atom is -0.466 e. The van der Waals surface area contributed by atoms with Crippen molar-refractivity contribution in [3.8, 4) is 0 Å². The van der Waals surface area contributed by atoms with Crippen LogP contribution in [0, 0.1) is 17.4 Å². The molecule has 0 aliphatic rings. The molecule has 0 spiro atoms. The molecule has 4 heteroatoms. The van der Waals surface area contributed by atoms with Crippen molar-refractivity contribution in [1.82, 2.24) is 0 Å². The summed E-state index contributed by atoms with van der Waals surface area (Å²) in [7, 11) is 0. The van der Waals surface area contributed by atoms with Crippen LogP contribution in [0.15, 0.2) is 28.7 Å². The average molecular weight is 362 g/mol. The van der Waals surface area contributed by atoms with Gasteiger partial charge in [-0.15, -0.1) is 0 Å². The number of nitrogens with two attached hydrogens (primary N) is 1. The first-order chi connectivity index (χ1) is 7.99. The van der Waals surface area contributed by atoms with E-state index in [4.69, 9.17) is 21.8 Å². The van der Waals surface area contributed by atoms with Crippen molar-refractivity contribution in [2.75, 3.05) is 0 Å². The number of halogens is 2. The highest BCUT2D eigenvalue weighted by molar-refractivity contribution is 14.1. The zero-order chi connectivity index (χ0) is 12.6. The number of hydrogen-bond acceptors (Lipinski definition) is 2. The van der Waals surface area contributed by atoms with Gasteiger partial charge in [0.05, 0.1) is 11.1 Å². The van der Waals surface area contributed by atoms with E-state index in [1.54, 1.807) is 0 Å². The van der Waals surface area contributed by atoms with Crippen molar-refractivity contribution >= 4 is 34.2 Å². The predicted molar refractivity (Wildman–Crippen MR) is 78.4 cm³/mol. The van der Waals surface area contributed by atoms with Gasteiger partial charge in [0.2, 0.25) is 0 Å². The Kier molecular flexibility index (Phi) is 3.80. The maximum atomic E-state index is 6.23. The summed E-state index contributed by atoms with van der Waals surface area (Å²) in [4.78, 5) is 0. The molecule has 17 heavy (non-hydrogen) atoms. The van der Waals surface area contributed by atoms with Crippen molar-refractivity contribution in [3.63, 3.8) is 0 Å². The molecule has 0 saturated heterocycles. The molecule has 1 aromatic carbocycles. The van der Waals surface area contributed by atoms with Gasteiger partial charge in [-0.1, -0.05) is 17.7 Å². The quantitative estimate of drug-likeness (QED) is 0.814. The van der Waals surface area contributed by atoms with Crippen LogP contribution in [0.3, 0.4) is 0 Å². The summed E-state index contributed by atoms with van der Waals surface area (Å²) in [6.07, 6.45) is 0. The molecule has 0 aliphatic carbocycles. The number of furan rings is 1. The van der Waals surface area contributed by atoms with Crippen molar-refractivity contribution in [1.29, 1.82) is 0 Å². The highest BCUT2D eigenvalue weighted by atomic mass is 127. The molecule has 0 bridgehead atoms. The molecule has 1 heterocycles. The van der Waals surface area contributed by atoms with Crippen LogP contribution in [0.4, 0.5) is 0 Å². The second-order valence-electron chi connectivity index (χ2n) is 4.02. The Balaban J connectivity index is 2.40. The van der Waals surface area contributed by atoms with Gasteiger partial charge < -0.3 is 10.2 Å². The van der Waals surface area contributed by atoms with E-state index in [-0.39, 0.29) is 6.04 Å². The van der Waals surface area contributed by atoms with Crippen LogP contribution in [0.1, 0.15) is 28.7 Å². The molecule has 1 aromatic heterocycles. The second kappa shape index (κ2) is 5.00. The molecular formula is C13H13ClINO. The number of rotatable bonds is 2. The molecule has 2 N–H and O–H groups in total. The van der Waals surface area contributed by atoms with Crippen LogP contribution in [0.5, 0.6) is 0 Å². The summed E-state index contributed by atoms with van der Waals surface area (Å²) < 4.78 is 6.52. The van der Waals surface area contributed by atoms with Gasteiger partial charge in [-0.25, -0.2) is 0 Å². The summed E-state index contributed by atoms with van der Waals surface area (Å²) >= 11 is 8.30. The average Bonchev–Trinajstić information content (AvgIpc) is 2.61. The SMILES string of the molecule is Cc1cc(C(N)c2ccc(I)c(Cl)c2)c(C)o1. The maximum Gasteiger partial charge on any atom is 0.106 e. The van der Waals surface area contributed by atoms with E-state index in [0.29, 0.717) is 0 Å².